The van der Waals surface area contributed by atoms with Crippen molar-refractivity contribution in [3.63, 3.8) is 0 Å². The van der Waals surface area contributed by atoms with Crippen LogP contribution in [0.2, 0.25) is 5.02 Å². The monoisotopic (exact) mass is 458 g/mol. The molecule has 156 valence electrons. The molecule has 1 aliphatic heterocycles. The number of carbonyl (C=O) groups is 1. The third kappa shape index (κ3) is 4.72. The molecule has 1 heterocycles. The van der Waals surface area contributed by atoms with Gasteiger partial charge in [0, 0.05) is 19.1 Å². The molecular weight excluding hydrogens is 440 g/mol. The summed E-state index contributed by atoms with van der Waals surface area (Å²) < 4.78 is 53.8. The third-order valence-electron chi connectivity index (χ3n) is 4.64. The van der Waals surface area contributed by atoms with Gasteiger partial charge in [-0.05, 0) is 43.2 Å². The molecule has 29 heavy (non-hydrogen) atoms. The van der Waals surface area contributed by atoms with Gasteiger partial charge in [-0.2, -0.15) is 0 Å². The molecule has 0 atom stereocenters. The van der Waals surface area contributed by atoms with Crippen molar-refractivity contribution in [1.82, 2.24) is 9.62 Å². The molecule has 11 heteroatoms. The van der Waals surface area contributed by atoms with E-state index in [1.165, 1.54) is 29.2 Å². The van der Waals surface area contributed by atoms with Crippen LogP contribution >= 0.6 is 11.6 Å². The molecule has 1 fully saturated rings. The first-order valence-corrected chi connectivity index (χ1v) is 12.1. The molecule has 2 aromatic rings. The number of carboxylic acid groups (broad SMARTS) is 1. The van der Waals surface area contributed by atoms with Gasteiger partial charge in [-0.3, -0.25) is 0 Å². The Hall–Kier alpha value is -2.14. The maximum Gasteiger partial charge on any atom is 0.407 e. The Balaban J connectivity index is 1.87. The second kappa shape index (κ2) is 8.31. The predicted octanol–water partition coefficient (Wildman–Crippen LogP) is 2.59. The van der Waals surface area contributed by atoms with E-state index in [-0.39, 0.29) is 32.8 Å². The Kier molecular flexibility index (Phi) is 6.18. The lowest BCUT2D eigenvalue weighted by Crippen LogP contribution is -2.46. The van der Waals surface area contributed by atoms with E-state index < -0.39 is 32.0 Å². The van der Waals surface area contributed by atoms with E-state index in [4.69, 9.17) is 16.7 Å². The normalized spacial score (nSPS) is 16.0. The van der Waals surface area contributed by atoms with Crippen LogP contribution in [0.5, 0.6) is 0 Å². The average molecular weight is 459 g/mol. The summed E-state index contributed by atoms with van der Waals surface area (Å²) in [5.41, 5.74) is 0. The van der Waals surface area contributed by atoms with Crippen LogP contribution in [0.4, 0.5) is 4.79 Å². The first-order chi connectivity index (χ1) is 13.6. The lowest BCUT2D eigenvalue weighted by molar-refractivity contribution is 0.131. The molecule has 0 aromatic heterocycles. The fourth-order valence-corrected chi connectivity index (χ4v) is 6.28. The van der Waals surface area contributed by atoms with Gasteiger partial charge in [0.25, 0.3) is 0 Å². The van der Waals surface area contributed by atoms with E-state index in [9.17, 15) is 21.6 Å². The van der Waals surface area contributed by atoms with Gasteiger partial charge < -0.3 is 10.0 Å². The molecule has 0 radical (unpaired) electrons. The van der Waals surface area contributed by atoms with Crippen molar-refractivity contribution in [2.24, 2.45) is 0 Å². The first kappa shape index (κ1) is 21.6. The summed E-state index contributed by atoms with van der Waals surface area (Å²) in [4.78, 5) is 11.7. The number of benzene rings is 2. The number of rotatable bonds is 5. The molecule has 8 nitrogen and oxygen atoms in total. The second-order valence-corrected chi connectivity index (χ2v) is 10.6. The van der Waals surface area contributed by atoms with Crippen LogP contribution in [0.3, 0.4) is 0 Å². The number of nitrogens with one attached hydrogen (secondary N) is 1. The largest absolute Gasteiger partial charge is 0.465 e. The van der Waals surface area contributed by atoms with E-state index in [1.807, 2.05) is 0 Å². The molecule has 0 spiro atoms. The summed E-state index contributed by atoms with van der Waals surface area (Å²) in [5.74, 6) is 0. The average Bonchev–Trinajstić information content (AvgIpc) is 2.68. The summed E-state index contributed by atoms with van der Waals surface area (Å²) in [5, 5.41) is 8.88. The Morgan fingerprint density at radius 3 is 2.21 bits per heavy atom. The highest BCUT2D eigenvalue weighted by atomic mass is 35.5. The zero-order valence-corrected chi connectivity index (χ0v) is 17.5. The van der Waals surface area contributed by atoms with E-state index in [0.717, 1.165) is 6.07 Å². The molecule has 3 rings (SSSR count). The molecular formula is C18H19ClN2O6S2. The minimum atomic E-state index is -4.11. The van der Waals surface area contributed by atoms with Crippen molar-refractivity contribution in [3.05, 3.63) is 53.6 Å². The summed E-state index contributed by atoms with van der Waals surface area (Å²) in [6.07, 6.45) is -0.427. The van der Waals surface area contributed by atoms with Crippen LogP contribution in [0, 0.1) is 0 Å². The minimum absolute atomic E-state index is 0.0414. The van der Waals surface area contributed by atoms with Crippen molar-refractivity contribution >= 4 is 37.6 Å². The highest BCUT2D eigenvalue weighted by Gasteiger charge is 2.29. The minimum Gasteiger partial charge on any atom is -0.465 e. The lowest BCUT2D eigenvalue weighted by atomic mass is 10.1. The maximum absolute atomic E-state index is 12.8. The quantitative estimate of drug-likeness (QED) is 0.710. The molecule has 0 saturated carbocycles. The fraction of sp³-hybridized carbons (Fsp3) is 0.278. The van der Waals surface area contributed by atoms with Crippen LogP contribution in [0.15, 0.2) is 63.2 Å². The number of sulfone groups is 1. The number of sulfonamides is 1. The Labute approximate surface area is 174 Å². The second-order valence-electron chi connectivity index (χ2n) is 6.57. The van der Waals surface area contributed by atoms with Crippen molar-refractivity contribution < 1.29 is 26.7 Å². The van der Waals surface area contributed by atoms with E-state index in [2.05, 4.69) is 4.72 Å². The number of piperidine rings is 1. The number of amides is 1. The summed E-state index contributed by atoms with van der Waals surface area (Å²) in [6.45, 7) is 0.414. The van der Waals surface area contributed by atoms with Crippen LogP contribution in [0.1, 0.15) is 12.8 Å². The molecule has 2 aromatic carbocycles. The number of hydrogen-bond acceptors (Lipinski definition) is 5. The third-order valence-corrected chi connectivity index (χ3v) is 8.41. The fourth-order valence-electron chi connectivity index (χ4n) is 3.06. The van der Waals surface area contributed by atoms with Gasteiger partial charge >= 0.3 is 6.09 Å². The van der Waals surface area contributed by atoms with Crippen LogP contribution < -0.4 is 4.72 Å². The molecule has 0 aliphatic carbocycles. The van der Waals surface area contributed by atoms with Crippen LogP contribution in [-0.2, 0) is 19.9 Å². The van der Waals surface area contributed by atoms with Crippen LogP contribution in [-0.4, -0.2) is 52.1 Å². The molecule has 0 unspecified atom stereocenters. The molecule has 1 saturated heterocycles. The van der Waals surface area contributed by atoms with Crippen molar-refractivity contribution in [2.75, 3.05) is 13.1 Å². The predicted molar refractivity (Wildman–Crippen MR) is 106 cm³/mol. The zero-order chi connectivity index (χ0) is 21.2. The van der Waals surface area contributed by atoms with Gasteiger partial charge in [-0.1, -0.05) is 29.8 Å². The molecule has 1 amide bonds. The first-order valence-electron chi connectivity index (χ1n) is 8.71. The number of hydrogen-bond donors (Lipinski definition) is 2. The van der Waals surface area contributed by atoms with Gasteiger partial charge in [0.15, 0.2) is 0 Å². The van der Waals surface area contributed by atoms with Crippen molar-refractivity contribution in [1.29, 1.82) is 0 Å². The van der Waals surface area contributed by atoms with E-state index in [0.29, 0.717) is 12.8 Å². The summed E-state index contributed by atoms with van der Waals surface area (Å²) >= 11 is 6.06. The molecule has 0 bridgehead atoms. The highest BCUT2D eigenvalue weighted by Crippen LogP contribution is 2.28. The van der Waals surface area contributed by atoms with Gasteiger partial charge in [0.1, 0.15) is 4.90 Å². The van der Waals surface area contributed by atoms with E-state index in [1.54, 1.807) is 18.2 Å². The smallest absolute Gasteiger partial charge is 0.407 e. The number of likely N-dealkylation sites (tertiary alicyclic amines) is 1. The van der Waals surface area contributed by atoms with Crippen LogP contribution in [0.25, 0.3) is 0 Å². The van der Waals surface area contributed by atoms with Crippen molar-refractivity contribution in [2.45, 2.75) is 33.6 Å². The maximum atomic E-state index is 12.8. The van der Waals surface area contributed by atoms with E-state index >= 15 is 0 Å². The number of halogens is 1. The molecule has 1 aliphatic rings. The Bertz CT molecular complexity index is 1110. The van der Waals surface area contributed by atoms with Gasteiger partial charge in [0.05, 0.1) is 14.8 Å². The summed E-state index contributed by atoms with van der Waals surface area (Å²) in [6, 6.07) is 10.7. The Morgan fingerprint density at radius 2 is 1.62 bits per heavy atom. The molecule has 2 N–H and O–H groups in total. The van der Waals surface area contributed by atoms with Gasteiger partial charge in [-0.15, -0.1) is 0 Å². The zero-order valence-electron chi connectivity index (χ0n) is 15.2. The van der Waals surface area contributed by atoms with Gasteiger partial charge in [0.2, 0.25) is 19.9 Å². The lowest BCUT2D eigenvalue weighted by Gasteiger charge is -2.30. The SMILES string of the molecule is O=C(O)N1CCC(NS(=O)(=O)c2cc(S(=O)(=O)c3ccccc3)ccc2Cl)CC1. The highest BCUT2D eigenvalue weighted by molar-refractivity contribution is 7.91. The Morgan fingerprint density at radius 1 is 1.00 bits per heavy atom. The number of nitrogens with zero attached hydrogens (tertiary/aromatic N) is 1. The standard InChI is InChI=1S/C18H19ClN2O6S2/c19-16-7-6-15(28(24,25)14-4-2-1-3-5-14)12-17(16)29(26,27)20-13-8-10-21(11-9-13)18(22)23/h1-7,12-13,20H,8-11H2,(H,22,23). The van der Waals surface area contributed by atoms with Crippen molar-refractivity contribution in [3.8, 4) is 0 Å². The topological polar surface area (TPSA) is 121 Å². The summed E-state index contributed by atoms with van der Waals surface area (Å²) in [7, 11) is -8.02. The van der Waals surface area contributed by atoms with Gasteiger partial charge in [-0.25, -0.2) is 26.4 Å².